The van der Waals surface area contributed by atoms with E-state index in [1.807, 2.05) is 0 Å². The summed E-state index contributed by atoms with van der Waals surface area (Å²) in [4.78, 5) is 11.7. The number of hydrogen-bond donors (Lipinski definition) is 2. The van der Waals surface area contributed by atoms with Crippen molar-refractivity contribution < 1.29 is 22.7 Å². The van der Waals surface area contributed by atoms with Crippen LogP contribution in [0.15, 0.2) is 22.7 Å². The van der Waals surface area contributed by atoms with Crippen molar-refractivity contribution in [2.24, 2.45) is 5.73 Å². The van der Waals surface area contributed by atoms with E-state index in [0.29, 0.717) is 17.3 Å². The molecule has 0 spiro atoms. The van der Waals surface area contributed by atoms with E-state index in [0.717, 1.165) is 6.07 Å². The van der Waals surface area contributed by atoms with Gasteiger partial charge in [-0.3, -0.25) is 4.79 Å². The fraction of sp³-hybridized carbons (Fsp3) is 0.364. The minimum absolute atomic E-state index is 0.0674. The van der Waals surface area contributed by atoms with Crippen LogP contribution in [0.1, 0.15) is 12.8 Å². The van der Waals surface area contributed by atoms with Crippen molar-refractivity contribution in [2.75, 3.05) is 5.32 Å². The molecule has 0 heterocycles. The average Bonchev–Trinajstić information content (AvgIpc) is 2.99. The van der Waals surface area contributed by atoms with Crippen LogP contribution >= 0.6 is 15.9 Å². The summed E-state index contributed by atoms with van der Waals surface area (Å²) in [6, 6.07) is 3.93. The SMILES string of the molecule is NC1(C(=O)Nc2ccc(Br)cc2OC(F)(F)F)CC1. The number of alkyl halides is 3. The Bertz CT molecular complexity index is 515. The second-order valence-electron chi connectivity index (χ2n) is 4.30. The van der Waals surface area contributed by atoms with Crippen LogP contribution in [0, 0.1) is 0 Å². The number of anilines is 1. The lowest BCUT2D eigenvalue weighted by Gasteiger charge is -2.16. The topological polar surface area (TPSA) is 64.4 Å². The number of carbonyl (C=O) groups excluding carboxylic acids is 1. The summed E-state index contributed by atoms with van der Waals surface area (Å²) in [7, 11) is 0. The highest BCUT2D eigenvalue weighted by Crippen LogP contribution is 2.37. The third-order valence-corrected chi connectivity index (χ3v) is 3.15. The molecule has 4 nitrogen and oxygen atoms in total. The van der Waals surface area contributed by atoms with Crippen LogP contribution in [0.25, 0.3) is 0 Å². The van der Waals surface area contributed by atoms with Crippen LogP contribution in [0.3, 0.4) is 0 Å². The molecule has 1 saturated carbocycles. The summed E-state index contributed by atoms with van der Waals surface area (Å²) in [5, 5.41) is 2.35. The summed E-state index contributed by atoms with van der Waals surface area (Å²) >= 11 is 3.04. The van der Waals surface area contributed by atoms with Gasteiger partial charge in [-0.05, 0) is 31.0 Å². The first-order chi connectivity index (χ1) is 8.70. The molecule has 1 amide bonds. The largest absolute Gasteiger partial charge is 0.573 e. The lowest BCUT2D eigenvalue weighted by molar-refractivity contribution is -0.274. The first-order valence-electron chi connectivity index (χ1n) is 5.35. The number of benzene rings is 1. The van der Waals surface area contributed by atoms with Crippen LogP contribution in [0.5, 0.6) is 5.75 Å². The highest BCUT2D eigenvalue weighted by molar-refractivity contribution is 9.10. The van der Waals surface area contributed by atoms with Crippen LogP contribution < -0.4 is 15.8 Å². The Morgan fingerprint density at radius 3 is 2.58 bits per heavy atom. The number of rotatable bonds is 3. The Balaban J connectivity index is 2.21. The molecule has 1 aliphatic rings. The average molecular weight is 339 g/mol. The van der Waals surface area contributed by atoms with Crippen molar-refractivity contribution in [3.05, 3.63) is 22.7 Å². The molecule has 0 aliphatic heterocycles. The van der Waals surface area contributed by atoms with Crippen molar-refractivity contribution in [3.8, 4) is 5.75 Å². The molecular weight excluding hydrogens is 329 g/mol. The van der Waals surface area contributed by atoms with Crippen molar-refractivity contribution in [3.63, 3.8) is 0 Å². The van der Waals surface area contributed by atoms with Gasteiger partial charge in [-0.2, -0.15) is 0 Å². The molecule has 0 radical (unpaired) electrons. The maximum atomic E-state index is 12.3. The number of nitrogens with two attached hydrogens (primary N) is 1. The maximum Gasteiger partial charge on any atom is 0.573 e. The predicted molar refractivity (Wildman–Crippen MR) is 65.6 cm³/mol. The van der Waals surface area contributed by atoms with Gasteiger partial charge in [0.15, 0.2) is 5.75 Å². The molecule has 1 fully saturated rings. The van der Waals surface area contributed by atoms with Crippen LogP contribution in [0.2, 0.25) is 0 Å². The Kier molecular flexibility index (Phi) is 3.48. The fourth-order valence-corrected chi connectivity index (χ4v) is 1.76. The van der Waals surface area contributed by atoms with Gasteiger partial charge in [-0.1, -0.05) is 15.9 Å². The molecule has 1 aromatic carbocycles. The Labute approximate surface area is 115 Å². The molecule has 0 saturated heterocycles. The second-order valence-corrected chi connectivity index (χ2v) is 5.21. The molecule has 0 bridgehead atoms. The van der Waals surface area contributed by atoms with Crippen molar-refractivity contribution in [1.29, 1.82) is 0 Å². The molecule has 3 N–H and O–H groups in total. The van der Waals surface area contributed by atoms with E-state index in [4.69, 9.17) is 5.73 Å². The van der Waals surface area contributed by atoms with E-state index >= 15 is 0 Å². The summed E-state index contributed by atoms with van der Waals surface area (Å²) < 4.78 is 41.0. The van der Waals surface area contributed by atoms with Gasteiger partial charge in [0.25, 0.3) is 0 Å². The van der Waals surface area contributed by atoms with Gasteiger partial charge >= 0.3 is 6.36 Å². The standard InChI is InChI=1S/C11H10BrF3N2O2/c12-6-1-2-7(8(5-6)19-11(13,14)15)17-9(18)10(16)3-4-10/h1-2,5H,3-4,16H2,(H,17,18). The summed E-state index contributed by atoms with van der Waals surface area (Å²) in [5.74, 6) is -0.999. The van der Waals surface area contributed by atoms with Gasteiger partial charge in [-0.15, -0.1) is 13.2 Å². The molecule has 2 rings (SSSR count). The van der Waals surface area contributed by atoms with E-state index in [1.165, 1.54) is 12.1 Å². The molecule has 0 aromatic heterocycles. The van der Waals surface area contributed by atoms with Crippen LogP contribution in [-0.4, -0.2) is 17.8 Å². The zero-order valence-corrected chi connectivity index (χ0v) is 11.1. The zero-order valence-electron chi connectivity index (χ0n) is 9.55. The van der Waals surface area contributed by atoms with Crippen molar-refractivity contribution in [1.82, 2.24) is 0 Å². The Hall–Kier alpha value is -1.28. The van der Waals surface area contributed by atoms with E-state index in [2.05, 4.69) is 26.0 Å². The normalized spacial score (nSPS) is 16.9. The fourth-order valence-electron chi connectivity index (χ4n) is 1.42. The highest BCUT2D eigenvalue weighted by Gasteiger charge is 2.46. The number of amides is 1. The van der Waals surface area contributed by atoms with Gasteiger partial charge in [0, 0.05) is 4.47 Å². The zero-order chi connectivity index (χ0) is 14.3. The smallest absolute Gasteiger partial charge is 0.404 e. The van der Waals surface area contributed by atoms with E-state index in [1.54, 1.807) is 0 Å². The van der Waals surface area contributed by atoms with Gasteiger partial charge in [0.05, 0.1) is 11.2 Å². The minimum atomic E-state index is -4.83. The molecule has 1 aromatic rings. The van der Waals surface area contributed by atoms with Crippen molar-refractivity contribution in [2.45, 2.75) is 24.7 Å². The van der Waals surface area contributed by atoms with Crippen LogP contribution in [-0.2, 0) is 4.79 Å². The van der Waals surface area contributed by atoms with Gasteiger partial charge in [0.2, 0.25) is 5.91 Å². The molecule has 0 unspecified atom stereocenters. The first-order valence-corrected chi connectivity index (χ1v) is 6.15. The Morgan fingerprint density at radius 2 is 2.05 bits per heavy atom. The van der Waals surface area contributed by atoms with Crippen LogP contribution in [0.4, 0.5) is 18.9 Å². The highest BCUT2D eigenvalue weighted by atomic mass is 79.9. The molecule has 1 aliphatic carbocycles. The van der Waals surface area contributed by atoms with E-state index < -0.39 is 23.6 Å². The Morgan fingerprint density at radius 1 is 1.42 bits per heavy atom. The summed E-state index contributed by atoms with van der Waals surface area (Å²) in [5.41, 5.74) is 4.62. The monoisotopic (exact) mass is 338 g/mol. The van der Waals surface area contributed by atoms with E-state index in [-0.39, 0.29) is 5.69 Å². The van der Waals surface area contributed by atoms with Crippen molar-refractivity contribution >= 4 is 27.5 Å². The summed E-state index contributed by atoms with van der Waals surface area (Å²) in [6.07, 6.45) is -3.80. The molecular formula is C11H10BrF3N2O2. The third-order valence-electron chi connectivity index (χ3n) is 2.66. The number of hydrogen-bond acceptors (Lipinski definition) is 3. The predicted octanol–water partition coefficient (Wildman–Crippen LogP) is 2.78. The third kappa shape index (κ3) is 3.60. The van der Waals surface area contributed by atoms with E-state index in [9.17, 15) is 18.0 Å². The molecule has 19 heavy (non-hydrogen) atoms. The lowest BCUT2D eigenvalue weighted by atomic mass is 10.2. The van der Waals surface area contributed by atoms with Gasteiger partial charge in [0.1, 0.15) is 0 Å². The molecule has 8 heteroatoms. The lowest BCUT2D eigenvalue weighted by Crippen LogP contribution is -2.38. The minimum Gasteiger partial charge on any atom is -0.404 e. The number of carbonyl (C=O) groups is 1. The summed E-state index contributed by atoms with van der Waals surface area (Å²) in [6.45, 7) is 0. The molecule has 104 valence electrons. The second kappa shape index (κ2) is 4.68. The quantitative estimate of drug-likeness (QED) is 0.890. The van der Waals surface area contributed by atoms with Gasteiger partial charge < -0.3 is 15.8 Å². The number of nitrogens with one attached hydrogen (secondary N) is 1. The first kappa shape index (κ1) is 14.1. The molecule has 0 atom stereocenters. The van der Waals surface area contributed by atoms with Gasteiger partial charge in [-0.25, -0.2) is 0 Å². The number of ether oxygens (including phenoxy) is 1. The number of halogens is 4. The maximum absolute atomic E-state index is 12.3.